The van der Waals surface area contributed by atoms with Gasteiger partial charge in [0.15, 0.2) is 6.29 Å². The molecule has 1 saturated heterocycles. The second-order valence-corrected chi connectivity index (χ2v) is 5.46. The van der Waals surface area contributed by atoms with E-state index in [1.807, 2.05) is 6.92 Å². The van der Waals surface area contributed by atoms with Crippen LogP contribution in [0.3, 0.4) is 0 Å². The number of hydrogen-bond acceptors (Lipinski definition) is 7. The summed E-state index contributed by atoms with van der Waals surface area (Å²) in [6, 6.07) is -0.892. The molecule has 0 aromatic rings. The van der Waals surface area contributed by atoms with Gasteiger partial charge in [0, 0.05) is 13.0 Å². The lowest BCUT2D eigenvalue weighted by atomic mass is 9.98. The van der Waals surface area contributed by atoms with E-state index < -0.39 is 37.3 Å². The second kappa shape index (κ2) is 10.1. The highest BCUT2D eigenvalue weighted by molar-refractivity contribution is 5.75. The van der Waals surface area contributed by atoms with Gasteiger partial charge in [-0.1, -0.05) is 13.3 Å². The highest BCUT2D eigenvalue weighted by Crippen LogP contribution is 2.20. The minimum absolute atomic E-state index is 0.0198. The van der Waals surface area contributed by atoms with Gasteiger partial charge in [0.05, 0.1) is 19.3 Å². The Morgan fingerprint density at radius 2 is 2.05 bits per heavy atom. The van der Waals surface area contributed by atoms with Crippen LogP contribution in [0.25, 0.3) is 0 Å². The summed E-state index contributed by atoms with van der Waals surface area (Å²) in [4.78, 5) is 11.4. The number of nitrogens with two attached hydrogens (primary N) is 1. The van der Waals surface area contributed by atoms with Crippen molar-refractivity contribution in [1.29, 1.82) is 0 Å². The Hall–Kier alpha value is -0.770. The van der Waals surface area contributed by atoms with Gasteiger partial charge in [-0.3, -0.25) is 4.79 Å². The van der Waals surface area contributed by atoms with Crippen LogP contribution < -0.4 is 11.1 Å². The Kier molecular flexibility index (Phi) is 8.84. The normalized spacial score (nSPS) is 32.0. The van der Waals surface area contributed by atoms with Gasteiger partial charge >= 0.3 is 0 Å². The third-order valence-electron chi connectivity index (χ3n) is 3.61. The summed E-state index contributed by atoms with van der Waals surface area (Å²) in [5.41, 5.74) is 5.74. The molecule has 0 spiro atoms. The van der Waals surface area contributed by atoms with E-state index in [1.54, 1.807) is 0 Å². The quantitative estimate of drug-likeness (QED) is 0.325. The number of carbonyl (C=O) groups is 1. The number of nitrogens with one attached hydrogen (secondary N) is 1. The first-order chi connectivity index (χ1) is 10.5. The van der Waals surface area contributed by atoms with Crippen LogP contribution in [0.1, 0.15) is 32.6 Å². The molecule has 22 heavy (non-hydrogen) atoms. The standard InChI is InChI=1S/C14H28N2O6/c1-2-3-5-10(18)16-6-4-7-21-14-11(15)13(20)12(19)9(8-17)22-14/h9,11-14,17,19-20H,2-8,15H2,1H3,(H,16,18)/t9?,11?,12-,13?,14-/m1/s1. The minimum atomic E-state index is -1.24. The van der Waals surface area contributed by atoms with Gasteiger partial charge in [-0.25, -0.2) is 0 Å². The van der Waals surface area contributed by atoms with Crippen molar-refractivity contribution in [3.8, 4) is 0 Å². The number of unbranched alkanes of at least 4 members (excludes halogenated alkanes) is 1. The van der Waals surface area contributed by atoms with Crippen LogP contribution in [-0.4, -0.2) is 71.6 Å². The maximum absolute atomic E-state index is 11.4. The lowest BCUT2D eigenvalue weighted by molar-refractivity contribution is -0.265. The first kappa shape index (κ1) is 19.3. The molecule has 0 radical (unpaired) electrons. The van der Waals surface area contributed by atoms with Crippen molar-refractivity contribution in [1.82, 2.24) is 5.32 Å². The average Bonchev–Trinajstić information content (AvgIpc) is 2.52. The summed E-state index contributed by atoms with van der Waals surface area (Å²) in [6.45, 7) is 2.37. The highest BCUT2D eigenvalue weighted by atomic mass is 16.7. The molecule has 1 heterocycles. The number of aliphatic hydroxyl groups is 3. The molecule has 0 aromatic heterocycles. The number of carbonyl (C=O) groups excluding carboxylic acids is 1. The summed E-state index contributed by atoms with van der Waals surface area (Å²) >= 11 is 0. The zero-order valence-electron chi connectivity index (χ0n) is 13.0. The Bertz CT molecular complexity index is 328. The number of aliphatic hydroxyl groups excluding tert-OH is 3. The van der Waals surface area contributed by atoms with E-state index in [-0.39, 0.29) is 12.5 Å². The fourth-order valence-electron chi connectivity index (χ4n) is 2.18. The number of hydrogen-bond donors (Lipinski definition) is 5. The molecule has 1 rings (SSSR count). The van der Waals surface area contributed by atoms with Gasteiger partial charge in [0.1, 0.15) is 18.3 Å². The number of amides is 1. The summed E-state index contributed by atoms with van der Waals surface area (Å²) in [6.07, 6.45) is -1.32. The molecule has 0 aromatic carbocycles. The van der Waals surface area contributed by atoms with Gasteiger partial charge in [0.25, 0.3) is 0 Å². The fourth-order valence-corrected chi connectivity index (χ4v) is 2.18. The van der Waals surface area contributed by atoms with E-state index in [0.29, 0.717) is 19.4 Å². The third kappa shape index (κ3) is 5.79. The Morgan fingerprint density at radius 3 is 2.68 bits per heavy atom. The van der Waals surface area contributed by atoms with E-state index in [0.717, 1.165) is 12.8 Å². The maximum atomic E-state index is 11.4. The Morgan fingerprint density at radius 1 is 1.32 bits per heavy atom. The van der Waals surface area contributed by atoms with E-state index in [4.69, 9.17) is 20.3 Å². The van der Waals surface area contributed by atoms with Gasteiger partial charge < -0.3 is 35.8 Å². The topological polar surface area (TPSA) is 134 Å². The molecule has 5 atom stereocenters. The van der Waals surface area contributed by atoms with Crippen molar-refractivity contribution in [2.45, 2.75) is 63.3 Å². The maximum Gasteiger partial charge on any atom is 0.219 e. The SMILES string of the molecule is CCCCC(=O)NCCCO[C@@H]1OC(CO)[C@@H](O)C(O)C1N. The molecule has 8 nitrogen and oxygen atoms in total. The molecular weight excluding hydrogens is 292 g/mol. The van der Waals surface area contributed by atoms with E-state index in [1.165, 1.54) is 0 Å². The first-order valence-corrected chi connectivity index (χ1v) is 7.77. The fraction of sp³-hybridized carbons (Fsp3) is 0.929. The molecule has 130 valence electrons. The lowest BCUT2D eigenvalue weighted by Crippen LogP contribution is -2.62. The highest BCUT2D eigenvalue weighted by Gasteiger charge is 2.42. The molecule has 8 heteroatoms. The third-order valence-corrected chi connectivity index (χ3v) is 3.61. The molecule has 1 fully saturated rings. The van der Waals surface area contributed by atoms with E-state index in [9.17, 15) is 15.0 Å². The van der Waals surface area contributed by atoms with E-state index in [2.05, 4.69) is 5.32 Å². The van der Waals surface area contributed by atoms with Gasteiger partial charge in [-0.15, -0.1) is 0 Å². The largest absolute Gasteiger partial charge is 0.394 e. The Labute approximate surface area is 130 Å². The smallest absolute Gasteiger partial charge is 0.219 e. The summed E-state index contributed by atoms with van der Waals surface area (Å²) in [7, 11) is 0. The predicted octanol–water partition coefficient (Wildman–Crippen LogP) is -1.53. The van der Waals surface area contributed by atoms with Crippen LogP contribution in [0.15, 0.2) is 0 Å². The Balaban J connectivity index is 2.22. The molecule has 1 amide bonds. The van der Waals surface area contributed by atoms with Crippen LogP contribution in [0.2, 0.25) is 0 Å². The van der Waals surface area contributed by atoms with Crippen molar-refractivity contribution < 1.29 is 29.6 Å². The number of rotatable bonds is 9. The molecule has 0 saturated carbocycles. The van der Waals surface area contributed by atoms with Crippen molar-refractivity contribution in [2.75, 3.05) is 19.8 Å². The van der Waals surface area contributed by atoms with Crippen LogP contribution in [0.4, 0.5) is 0 Å². The molecular formula is C14H28N2O6. The van der Waals surface area contributed by atoms with Crippen molar-refractivity contribution >= 4 is 5.91 Å². The van der Waals surface area contributed by atoms with Gasteiger partial charge in [0.2, 0.25) is 5.91 Å². The molecule has 0 bridgehead atoms. The molecule has 1 aliphatic heterocycles. The van der Waals surface area contributed by atoms with Crippen molar-refractivity contribution in [3.63, 3.8) is 0 Å². The molecule has 3 unspecified atom stereocenters. The minimum Gasteiger partial charge on any atom is -0.394 e. The van der Waals surface area contributed by atoms with Crippen LogP contribution in [-0.2, 0) is 14.3 Å². The predicted molar refractivity (Wildman–Crippen MR) is 78.8 cm³/mol. The van der Waals surface area contributed by atoms with Crippen LogP contribution >= 0.6 is 0 Å². The molecule has 6 N–H and O–H groups in total. The van der Waals surface area contributed by atoms with Crippen LogP contribution in [0.5, 0.6) is 0 Å². The monoisotopic (exact) mass is 320 g/mol. The zero-order valence-corrected chi connectivity index (χ0v) is 13.0. The van der Waals surface area contributed by atoms with Gasteiger partial charge in [-0.05, 0) is 12.8 Å². The second-order valence-electron chi connectivity index (χ2n) is 5.46. The van der Waals surface area contributed by atoms with Gasteiger partial charge in [-0.2, -0.15) is 0 Å². The summed E-state index contributed by atoms with van der Waals surface area (Å²) in [5.74, 6) is 0.0198. The van der Waals surface area contributed by atoms with Crippen molar-refractivity contribution in [3.05, 3.63) is 0 Å². The molecule has 1 aliphatic rings. The molecule has 0 aliphatic carbocycles. The van der Waals surface area contributed by atoms with Crippen LogP contribution in [0, 0.1) is 0 Å². The van der Waals surface area contributed by atoms with Crippen molar-refractivity contribution in [2.24, 2.45) is 5.73 Å². The lowest BCUT2D eigenvalue weighted by Gasteiger charge is -2.40. The number of ether oxygens (including phenoxy) is 2. The first-order valence-electron chi connectivity index (χ1n) is 7.77. The summed E-state index contributed by atoms with van der Waals surface area (Å²) in [5, 5.41) is 31.3. The van der Waals surface area contributed by atoms with E-state index >= 15 is 0 Å². The average molecular weight is 320 g/mol. The zero-order chi connectivity index (χ0) is 16.5. The summed E-state index contributed by atoms with van der Waals surface area (Å²) < 4.78 is 10.7.